The number of hydrogen-bond donors (Lipinski definition) is 1. The number of nitrogens with zero attached hydrogens (tertiary/aromatic N) is 2. The van der Waals surface area contributed by atoms with E-state index >= 15 is 0 Å². The minimum absolute atomic E-state index is 0.270. The van der Waals surface area contributed by atoms with Crippen molar-refractivity contribution >= 4 is 0 Å². The first kappa shape index (κ1) is 12.5. The Morgan fingerprint density at radius 2 is 2.47 bits per heavy atom. The van der Waals surface area contributed by atoms with E-state index in [1.54, 1.807) is 0 Å². The summed E-state index contributed by atoms with van der Waals surface area (Å²) in [7, 11) is 2.14. The van der Waals surface area contributed by atoms with Gasteiger partial charge in [-0.1, -0.05) is 6.07 Å². The zero-order valence-corrected chi connectivity index (χ0v) is 10.6. The predicted molar refractivity (Wildman–Crippen MR) is 67.9 cm³/mol. The minimum atomic E-state index is 0.270. The summed E-state index contributed by atoms with van der Waals surface area (Å²) in [4.78, 5) is 6.65. The number of hydrogen-bond acceptors (Lipinski definition) is 4. The number of nitrogens with one attached hydrogen (secondary N) is 1. The van der Waals surface area contributed by atoms with Crippen molar-refractivity contribution in [3.63, 3.8) is 0 Å². The van der Waals surface area contributed by atoms with Gasteiger partial charge in [-0.2, -0.15) is 0 Å². The van der Waals surface area contributed by atoms with Gasteiger partial charge in [-0.05, 0) is 26.1 Å². The van der Waals surface area contributed by atoms with Crippen molar-refractivity contribution in [3.05, 3.63) is 30.1 Å². The maximum absolute atomic E-state index is 5.71. The SMILES string of the molecule is C[C@@H](NCC1CN(C)CCO1)c1ccccn1. The summed E-state index contributed by atoms with van der Waals surface area (Å²) in [6.45, 7) is 5.88. The van der Waals surface area contributed by atoms with E-state index in [0.29, 0.717) is 6.10 Å². The third-order valence-electron chi connectivity index (χ3n) is 3.12. The average molecular weight is 235 g/mol. The lowest BCUT2D eigenvalue weighted by Crippen LogP contribution is -2.45. The number of ether oxygens (including phenoxy) is 1. The summed E-state index contributed by atoms with van der Waals surface area (Å²) in [5, 5.41) is 3.47. The maximum atomic E-state index is 5.71. The van der Waals surface area contributed by atoms with Gasteiger partial charge in [-0.3, -0.25) is 4.98 Å². The first-order valence-electron chi connectivity index (χ1n) is 6.20. The van der Waals surface area contributed by atoms with Crippen molar-refractivity contribution in [1.82, 2.24) is 15.2 Å². The van der Waals surface area contributed by atoms with Gasteiger partial charge in [0.2, 0.25) is 0 Å². The van der Waals surface area contributed by atoms with Crippen molar-refractivity contribution in [2.45, 2.75) is 19.1 Å². The van der Waals surface area contributed by atoms with Gasteiger partial charge in [0.1, 0.15) is 0 Å². The topological polar surface area (TPSA) is 37.4 Å². The molecule has 0 radical (unpaired) electrons. The number of morpholine rings is 1. The second kappa shape index (κ2) is 6.10. The van der Waals surface area contributed by atoms with Crippen molar-refractivity contribution < 1.29 is 4.74 Å². The van der Waals surface area contributed by atoms with E-state index in [1.807, 2.05) is 24.4 Å². The molecule has 0 spiro atoms. The molecule has 4 heteroatoms. The molecule has 1 aliphatic rings. The second-order valence-electron chi connectivity index (χ2n) is 4.64. The summed E-state index contributed by atoms with van der Waals surface area (Å²) in [6.07, 6.45) is 2.12. The minimum Gasteiger partial charge on any atom is -0.374 e. The molecule has 1 N–H and O–H groups in total. The fourth-order valence-electron chi connectivity index (χ4n) is 2.04. The van der Waals surface area contributed by atoms with Crippen LogP contribution in [0.3, 0.4) is 0 Å². The molecule has 1 aromatic rings. The fraction of sp³-hybridized carbons (Fsp3) is 0.615. The third kappa shape index (κ3) is 3.77. The standard InChI is InChI=1S/C13H21N3O/c1-11(13-5-3-4-6-14-13)15-9-12-10-16(2)7-8-17-12/h3-6,11-12,15H,7-10H2,1-2H3/t11-,12?/m1/s1. The van der Waals surface area contributed by atoms with Gasteiger partial charge in [-0.25, -0.2) is 0 Å². The number of aromatic nitrogens is 1. The molecule has 1 aromatic heterocycles. The molecular weight excluding hydrogens is 214 g/mol. The highest BCUT2D eigenvalue weighted by atomic mass is 16.5. The Balaban J connectivity index is 1.78. The summed E-state index contributed by atoms with van der Waals surface area (Å²) < 4.78 is 5.71. The molecule has 94 valence electrons. The zero-order valence-electron chi connectivity index (χ0n) is 10.6. The monoisotopic (exact) mass is 235 g/mol. The van der Waals surface area contributed by atoms with Crippen molar-refractivity contribution in [2.24, 2.45) is 0 Å². The molecule has 17 heavy (non-hydrogen) atoms. The van der Waals surface area contributed by atoms with Crippen LogP contribution in [0.4, 0.5) is 0 Å². The summed E-state index contributed by atoms with van der Waals surface area (Å²) in [5.74, 6) is 0. The second-order valence-corrected chi connectivity index (χ2v) is 4.64. The Kier molecular flexibility index (Phi) is 4.48. The molecule has 2 atom stereocenters. The highest BCUT2D eigenvalue weighted by Gasteiger charge is 2.18. The summed E-state index contributed by atoms with van der Waals surface area (Å²) in [5.41, 5.74) is 1.08. The molecule has 1 aliphatic heterocycles. The van der Waals surface area contributed by atoms with Crippen LogP contribution in [0.5, 0.6) is 0 Å². The maximum Gasteiger partial charge on any atom is 0.0826 e. The molecule has 2 rings (SSSR count). The number of rotatable bonds is 4. The zero-order chi connectivity index (χ0) is 12.1. The average Bonchev–Trinajstić information content (AvgIpc) is 2.37. The van der Waals surface area contributed by atoms with Crippen LogP contribution in [0, 0.1) is 0 Å². The molecule has 1 fully saturated rings. The molecule has 0 saturated carbocycles. The van der Waals surface area contributed by atoms with Crippen molar-refractivity contribution in [2.75, 3.05) is 33.3 Å². The van der Waals surface area contributed by atoms with Crippen LogP contribution in [0.25, 0.3) is 0 Å². The Hall–Kier alpha value is -0.970. The van der Waals surface area contributed by atoms with Gasteiger partial charge >= 0.3 is 0 Å². The molecule has 2 heterocycles. The summed E-state index contributed by atoms with van der Waals surface area (Å²) in [6, 6.07) is 6.28. The quantitative estimate of drug-likeness (QED) is 0.847. The van der Waals surface area contributed by atoms with Gasteiger partial charge in [0.25, 0.3) is 0 Å². The van der Waals surface area contributed by atoms with Crippen LogP contribution in [-0.2, 0) is 4.74 Å². The van der Waals surface area contributed by atoms with E-state index < -0.39 is 0 Å². The first-order chi connectivity index (χ1) is 8.25. The van der Waals surface area contributed by atoms with E-state index in [-0.39, 0.29) is 6.04 Å². The lowest BCUT2D eigenvalue weighted by Gasteiger charge is -2.30. The third-order valence-corrected chi connectivity index (χ3v) is 3.12. The lowest BCUT2D eigenvalue weighted by molar-refractivity contribution is -0.0191. The van der Waals surface area contributed by atoms with Crippen LogP contribution in [0.1, 0.15) is 18.7 Å². The van der Waals surface area contributed by atoms with Gasteiger partial charge in [-0.15, -0.1) is 0 Å². The molecule has 1 saturated heterocycles. The fourth-order valence-corrected chi connectivity index (χ4v) is 2.04. The lowest BCUT2D eigenvalue weighted by atomic mass is 10.2. The molecule has 1 unspecified atom stereocenters. The summed E-state index contributed by atoms with van der Waals surface area (Å²) >= 11 is 0. The Bertz CT molecular complexity index is 331. The van der Waals surface area contributed by atoms with Crippen molar-refractivity contribution in [1.29, 1.82) is 0 Å². The Morgan fingerprint density at radius 3 is 3.18 bits per heavy atom. The van der Waals surface area contributed by atoms with E-state index in [2.05, 4.69) is 29.2 Å². The van der Waals surface area contributed by atoms with Crippen LogP contribution in [0.2, 0.25) is 0 Å². The largest absolute Gasteiger partial charge is 0.374 e. The Morgan fingerprint density at radius 1 is 1.59 bits per heavy atom. The molecule has 0 aliphatic carbocycles. The molecule has 0 amide bonds. The van der Waals surface area contributed by atoms with E-state index in [1.165, 1.54) is 0 Å². The van der Waals surface area contributed by atoms with E-state index in [4.69, 9.17) is 4.74 Å². The van der Waals surface area contributed by atoms with Gasteiger partial charge in [0.05, 0.1) is 18.4 Å². The smallest absolute Gasteiger partial charge is 0.0826 e. The molecule has 0 bridgehead atoms. The van der Waals surface area contributed by atoms with Crippen LogP contribution < -0.4 is 5.32 Å². The van der Waals surface area contributed by atoms with Crippen LogP contribution in [0.15, 0.2) is 24.4 Å². The van der Waals surface area contributed by atoms with Gasteiger partial charge < -0.3 is 15.0 Å². The Labute approximate surface area is 103 Å². The van der Waals surface area contributed by atoms with E-state index in [0.717, 1.165) is 31.9 Å². The molecule has 0 aromatic carbocycles. The van der Waals surface area contributed by atoms with Crippen molar-refractivity contribution in [3.8, 4) is 0 Å². The first-order valence-corrected chi connectivity index (χ1v) is 6.20. The van der Waals surface area contributed by atoms with E-state index in [9.17, 15) is 0 Å². The van der Waals surface area contributed by atoms with Gasteiger partial charge in [0, 0.05) is 31.9 Å². The molecular formula is C13H21N3O. The predicted octanol–water partition coefficient (Wildman–Crippen LogP) is 1.06. The van der Waals surface area contributed by atoms with Crippen LogP contribution in [-0.4, -0.2) is 49.3 Å². The normalized spacial score (nSPS) is 23.5. The molecule has 4 nitrogen and oxygen atoms in total. The number of pyridine rings is 1. The van der Waals surface area contributed by atoms with Crippen LogP contribution >= 0.6 is 0 Å². The highest BCUT2D eigenvalue weighted by molar-refractivity contribution is 5.07. The van der Waals surface area contributed by atoms with Gasteiger partial charge in [0.15, 0.2) is 0 Å². The number of likely N-dealkylation sites (N-methyl/N-ethyl adjacent to an activating group) is 1. The highest BCUT2D eigenvalue weighted by Crippen LogP contribution is 2.09.